The molecule has 13 heteroatoms. The van der Waals surface area contributed by atoms with Gasteiger partial charge in [0, 0.05) is 17.1 Å². The van der Waals surface area contributed by atoms with Crippen LogP contribution in [0.2, 0.25) is 0 Å². The number of alkyl halides is 4. The van der Waals surface area contributed by atoms with E-state index in [0.717, 1.165) is 25.0 Å². The number of halogens is 4. The molecule has 1 aliphatic rings. The van der Waals surface area contributed by atoms with Crippen LogP contribution in [0, 0.1) is 0 Å². The standard InChI is InChI=1S/C25H31BrF3N5O4/c1-24(2,3)38-23(36)33-17-11-6-5-10-16(17)31-22-32-18(13-26)19(21(35)37-4)20(34-22)30-15-9-7-8-14(12-15)25(27,28)29/h7-9,12,16-17H,5-6,10-11,13H2,1-4H3,(H,33,36)(H2,30,31,32,34). The molecule has 0 radical (unpaired) electrons. The van der Waals surface area contributed by atoms with Gasteiger partial charge in [0.25, 0.3) is 0 Å². The van der Waals surface area contributed by atoms with Crippen LogP contribution in [0.25, 0.3) is 0 Å². The van der Waals surface area contributed by atoms with E-state index in [1.807, 2.05) is 0 Å². The molecule has 0 bridgehead atoms. The first kappa shape index (κ1) is 29.5. The molecule has 2 atom stereocenters. The van der Waals surface area contributed by atoms with Crippen LogP contribution in [-0.2, 0) is 21.0 Å². The molecule has 0 aliphatic heterocycles. The Balaban J connectivity index is 1.93. The van der Waals surface area contributed by atoms with Crippen LogP contribution in [0.5, 0.6) is 0 Å². The van der Waals surface area contributed by atoms with E-state index >= 15 is 0 Å². The van der Waals surface area contributed by atoms with Gasteiger partial charge in [-0.1, -0.05) is 34.8 Å². The van der Waals surface area contributed by atoms with Gasteiger partial charge in [0.2, 0.25) is 5.95 Å². The number of esters is 1. The highest BCUT2D eigenvalue weighted by atomic mass is 79.9. The lowest BCUT2D eigenvalue weighted by Crippen LogP contribution is -2.50. The van der Waals surface area contributed by atoms with Gasteiger partial charge in [0.1, 0.15) is 11.2 Å². The number of carbonyl (C=O) groups is 2. The van der Waals surface area contributed by atoms with Crippen molar-refractivity contribution in [3.8, 4) is 0 Å². The van der Waals surface area contributed by atoms with Crippen LogP contribution in [0.3, 0.4) is 0 Å². The number of nitrogens with zero attached hydrogens (tertiary/aromatic N) is 2. The van der Waals surface area contributed by atoms with E-state index in [0.29, 0.717) is 12.8 Å². The van der Waals surface area contributed by atoms with Crippen molar-refractivity contribution in [2.45, 2.75) is 75.6 Å². The predicted octanol–water partition coefficient (Wildman–Crippen LogP) is 6.17. The van der Waals surface area contributed by atoms with Gasteiger partial charge in [-0.15, -0.1) is 0 Å². The van der Waals surface area contributed by atoms with Crippen LogP contribution >= 0.6 is 15.9 Å². The van der Waals surface area contributed by atoms with Crippen molar-refractivity contribution in [1.82, 2.24) is 15.3 Å². The second kappa shape index (κ2) is 12.2. The normalized spacial score (nSPS) is 17.9. The van der Waals surface area contributed by atoms with Crippen molar-refractivity contribution in [1.29, 1.82) is 0 Å². The molecule has 0 spiro atoms. The first-order chi connectivity index (χ1) is 17.8. The minimum Gasteiger partial charge on any atom is -0.465 e. The molecule has 38 heavy (non-hydrogen) atoms. The van der Waals surface area contributed by atoms with Gasteiger partial charge in [-0.2, -0.15) is 18.2 Å². The topological polar surface area (TPSA) is 114 Å². The summed E-state index contributed by atoms with van der Waals surface area (Å²) in [7, 11) is 1.19. The zero-order valence-corrected chi connectivity index (χ0v) is 23.1. The quantitative estimate of drug-likeness (QED) is 0.255. The maximum atomic E-state index is 13.2. The smallest absolute Gasteiger partial charge is 0.416 e. The van der Waals surface area contributed by atoms with Gasteiger partial charge in [-0.05, 0) is 51.8 Å². The number of aromatic nitrogens is 2. The number of ether oxygens (including phenoxy) is 2. The summed E-state index contributed by atoms with van der Waals surface area (Å²) in [6.45, 7) is 5.34. The molecule has 1 aromatic heterocycles. The summed E-state index contributed by atoms with van der Waals surface area (Å²) >= 11 is 3.32. The summed E-state index contributed by atoms with van der Waals surface area (Å²) in [4.78, 5) is 33.9. The molecular weight excluding hydrogens is 571 g/mol. The molecule has 2 aromatic rings. The minimum atomic E-state index is -4.54. The Bertz CT molecular complexity index is 1160. The summed E-state index contributed by atoms with van der Waals surface area (Å²) < 4.78 is 50.0. The monoisotopic (exact) mass is 601 g/mol. The van der Waals surface area contributed by atoms with Gasteiger partial charge in [-0.25, -0.2) is 14.6 Å². The van der Waals surface area contributed by atoms with Gasteiger partial charge in [0.15, 0.2) is 5.82 Å². The third kappa shape index (κ3) is 7.95. The van der Waals surface area contributed by atoms with Gasteiger partial charge >= 0.3 is 18.2 Å². The van der Waals surface area contributed by atoms with Crippen molar-refractivity contribution >= 4 is 45.4 Å². The lowest BCUT2D eigenvalue weighted by molar-refractivity contribution is -0.137. The van der Waals surface area contributed by atoms with Crippen molar-refractivity contribution in [3.05, 3.63) is 41.1 Å². The second-order valence-electron chi connectivity index (χ2n) is 9.83. The van der Waals surface area contributed by atoms with Crippen molar-refractivity contribution < 1.29 is 32.2 Å². The molecule has 1 aromatic carbocycles. The highest BCUT2D eigenvalue weighted by molar-refractivity contribution is 9.08. The van der Waals surface area contributed by atoms with Gasteiger partial charge in [0.05, 0.1) is 24.4 Å². The molecule has 1 fully saturated rings. The first-order valence-corrected chi connectivity index (χ1v) is 13.2. The third-order valence-electron chi connectivity index (χ3n) is 5.74. The van der Waals surface area contributed by atoms with E-state index < -0.39 is 29.4 Å². The van der Waals surface area contributed by atoms with E-state index in [4.69, 9.17) is 9.47 Å². The Labute approximate surface area is 227 Å². The predicted molar refractivity (Wildman–Crippen MR) is 140 cm³/mol. The Morgan fingerprint density at radius 2 is 1.79 bits per heavy atom. The molecule has 208 valence electrons. The van der Waals surface area contributed by atoms with E-state index in [1.165, 1.54) is 19.2 Å². The number of rotatable bonds is 7. The summed E-state index contributed by atoms with van der Waals surface area (Å²) in [5.74, 6) is -0.623. The van der Waals surface area contributed by atoms with Crippen molar-refractivity contribution in [3.63, 3.8) is 0 Å². The molecule has 1 aliphatic carbocycles. The van der Waals surface area contributed by atoms with Gasteiger partial charge < -0.3 is 25.4 Å². The summed E-state index contributed by atoms with van der Waals surface area (Å²) in [5.41, 5.74) is -1.16. The third-order valence-corrected chi connectivity index (χ3v) is 6.27. The summed E-state index contributed by atoms with van der Waals surface area (Å²) in [6.07, 6.45) is -1.84. The maximum absolute atomic E-state index is 13.2. The lowest BCUT2D eigenvalue weighted by Gasteiger charge is -2.33. The van der Waals surface area contributed by atoms with Crippen molar-refractivity contribution in [2.75, 3.05) is 17.7 Å². The number of anilines is 3. The van der Waals surface area contributed by atoms with Crippen LogP contribution in [0.15, 0.2) is 24.3 Å². The second-order valence-corrected chi connectivity index (χ2v) is 10.4. The molecular formula is C25H31BrF3N5O4. The molecule has 9 nitrogen and oxygen atoms in total. The number of hydrogen-bond donors (Lipinski definition) is 3. The highest BCUT2D eigenvalue weighted by Gasteiger charge is 2.32. The van der Waals surface area contributed by atoms with Crippen LogP contribution < -0.4 is 16.0 Å². The van der Waals surface area contributed by atoms with E-state index in [9.17, 15) is 22.8 Å². The number of carbonyl (C=O) groups excluding carboxylic acids is 2. The average Bonchev–Trinajstić information content (AvgIpc) is 2.83. The maximum Gasteiger partial charge on any atom is 0.416 e. The van der Waals surface area contributed by atoms with E-state index in [2.05, 4.69) is 41.8 Å². The fourth-order valence-electron chi connectivity index (χ4n) is 4.09. The minimum absolute atomic E-state index is 0.0144. The van der Waals surface area contributed by atoms with Gasteiger partial charge in [-0.3, -0.25) is 0 Å². The molecule has 3 rings (SSSR count). The van der Waals surface area contributed by atoms with Crippen molar-refractivity contribution in [2.24, 2.45) is 0 Å². The summed E-state index contributed by atoms with van der Waals surface area (Å²) in [5, 5.41) is 9.11. The first-order valence-electron chi connectivity index (χ1n) is 12.1. The summed E-state index contributed by atoms with van der Waals surface area (Å²) in [6, 6.07) is 4.04. The molecule has 1 amide bonds. The lowest BCUT2D eigenvalue weighted by atomic mass is 9.90. The fourth-order valence-corrected chi connectivity index (χ4v) is 4.49. The Morgan fingerprint density at radius 3 is 2.39 bits per heavy atom. The Hall–Kier alpha value is -3.09. The molecule has 1 heterocycles. The number of amides is 1. The zero-order valence-electron chi connectivity index (χ0n) is 21.5. The van der Waals surface area contributed by atoms with Crippen LogP contribution in [-0.4, -0.2) is 46.8 Å². The highest BCUT2D eigenvalue weighted by Crippen LogP contribution is 2.33. The number of alkyl carbamates (subject to hydrolysis) is 1. The molecule has 1 saturated carbocycles. The van der Waals surface area contributed by atoms with Crippen LogP contribution in [0.1, 0.15) is 68.1 Å². The number of benzene rings is 1. The Kier molecular flexibility index (Phi) is 9.45. The van der Waals surface area contributed by atoms with E-state index in [-0.39, 0.29) is 46.1 Å². The number of nitrogens with one attached hydrogen (secondary N) is 3. The largest absolute Gasteiger partial charge is 0.465 e. The Morgan fingerprint density at radius 1 is 1.11 bits per heavy atom. The van der Waals surface area contributed by atoms with E-state index in [1.54, 1.807) is 20.8 Å². The fraction of sp³-hybridized carbons (Fsp3) is 0.520. The molecule has 2 unspecified atom stereocenters. The number of methoxy groups -OCH3 is 1. The van der Waals surface area contributed by atoms with Crippen LogP contribution in [0.4, 0.5) is 35.4 Å². The molecule has 3 N–H and O–H groups in total. The number of hydrogen-bond acceptors (Lipinski definition) is 8. The average molecular weight is 602 g/mol. The SMILES string of the molecule is COC(=O)c1c(CBr)nc(NC2CCCCC2NC(=O)OC(C)(C)C)nc1Nc1cccc(C(F)(F)F)c1. The molecule has 0 saturated heterocycles. The zero-order chi connectivity index (χ0) is 28.1.